The molecule has 0 aromatic heterocycles. The lowest BCUT2D eigenvalue weighted by Gasteiger charge is -2.08. The van der Waals surface area contributed by atoms with Crippen LogP contribution in [-0.4, -0.2) is 0 Å². The van der Waals surface area contributed by atoms with E-state index in [-0.39, 0.29) is 0 Å². The molecule has 1 aromatic carbocycles. The van der Waals surface area contributed by atoms with E-state index in [9.17, 15) is 0 Å². The first kappa shape index (κ1) is 9.54. The Morgan fingerprint density at radius 1 is 1.54 bits per heavy atom. The van der Waals surface area contributed by atoms with Gasteiger partial charge >= 0.3 is 0 Å². The number of hydrogen-bond acceptors (Lipinski definition) is 1. The third-order valence-corrected chi connectivity index (χ3v) is 2.03. The molecule has 1 heteroatoms. The van der Waals surface area contributed by atoms with Gasteiger partial charge in [-0.05, 0) is 18.6 Å². The fourth-order valence-electron chi connectivity index (χ4n) is 1.19. The fraction of sp³-hybridized carbons (Fsp3) is 0.167. The zero-order valence-electron chi connectivity index (χ0n) is 7.96. The van der Waals surface area contributed by atoms with E-state index < -0.39 is 0 Å². The zero-order chi connectivity index (χ0) is 9.84. The Balaban J connectivity index is 3.25. The lowest BCUT2D eigenvalue weighted by atomic mass is 9.95. The highest BCUT2D eigenvalue weighted by Crippen LogP contribution is 2.20. The van der Waals surface area contributed by atoms with Crippen LogP contribution in [0.1, 0.15) is 23.6 Å². The van der Waals surface area contributed by atoms with Gasteiger partial charge in [0.1, 0.15) is 0 Å². The molecule has 0 fully saturated rings. The molecule has 0 heterocycles. The van der Waals surface area contributed by atoms with Gasteiger partial charge in [0.05, 0.1) is 11.6 Å². The van der Waals surface area contributed by atoms with E-state index in [1.54, 1.807) is 6.08 Å². The molecule has 0 aliphatic carbocycles. The largest absolute Gasteiger partial charge is 0.192 e. The summed E-state index contributed by atoms with van der Waals surface area (Å²) < 4.78 is 0. The van der Waals surface area contributed by atoms with Gasteiger partial charge < -0.3 is 0 Å². The Labute approximate surface area is 79.3 Å². The van der Waals surface area contributed by atoms with Gasteiger partial charge in [-0.3, -0.25) is 0 Å². The van der Waals surface area contributed by atoms with E-state index in [1.165, 1.54) is 0 Å². The first-order valence-corrected chi connectivity index (χ1v) is 4.16. The Morgan fingerprint density at radius 2 is 2.23 bits per heavy atom. The summed E-state index contributed by atoms with van der Waals surface area (Å²) in [5.74, 6) is 1.04. The van der Waals surface area contributed by atoms with Crippen molar-refractivity contribution in [3.05, 3.63) is 53.5 Å². The minimum Gasteiger partial charge on any atom is -0.192 e. The SMILES string of the molecule is C=C[C](C)c1cc(C)ccc1C#N. The number of nitrogens with zero attached hydrogens (tertiary/aromatic N) is 1. The van der Waals surface area contributed by atoms with Crippen molar-refractivity contribution in [2.45, 2.75) is 13.8 Å². The molecule has 0 amide bonds. The van der Waals surface area contributed by atoms with E-state index in [0.717, 1.165) is 17.0 Å². The van der Waals surface area contributed by atoms with E-state index in [1.807, 2.05) is 32.0 Å². The molecule has 0 aliphatic heterocycles. The first-order valence-electron chi connectivity index (χ1n) is 4.16. The second kappa shape index (κ2) is 3.91. The molecule has 1 aromatic rings. The highest BCUT2D eigenvalue weighted by atomic mass is 14.2. The van der Waals surface area contributed by atoms with Crippen LogP contribution < -0.4 is 0 Å². The quantitative estimate of drug-likeness (QED) is 0.669. The van der Waals surface area contributed by atoms with E-state index in [4.69, 9.17) is 5.26 Å². The molecule has 0 unspecified atom stereocenters. The van der Waals surface area contributed by atoms with Crippen molar-refractivity contribution < 1.29 is 0 Å². The summed E-state index contributed by atoms with van der Waals surface area (Å²) in [4.78, 5) is 0. The third-order valence-electron chi connectivity index (χ3n) is 2.03. The average Bonchev–Trinajstić information content (AvgIpc) is 2.16. The summed E-state index contributed by atoms with van der Waals surface area (Å²) in [6.07, 6.45) is 1.77. The number of benzene rings is 1. The summed E-state index contributed by atoms with van der Waals surface area (Å²) in [5.41, 5.74) is 2.86. The van der Waals surface area contributed by atoms with Crippen LogP contribution in [0.25, 0.3) is 0 Å². The molecular weight excluding hydrogens is 158 g/mol. The number of aryl methyl sites for hydroxylation is 1. The second-order valence-corrected chi connectivity index (χ2v) is 3.05. The predicted octanol–water partition coefficient (Wildman–Crippen LogP) is 3.00. The summed E-state index contributed by atoms with van der Waals surface area (Å²) in [6, 6.07) is 7.97. The highest BCUT2D eigenvalue weighted by molar-refractivity contribution is 5.49. The van der Waals surface area contributed by atoms with Crippen molar-refractivity contribution in [1.82, 2.24) is 0 Å². The molecule has 65 valence electrons. The molecule has 0 bridgehead atoms. The van der Waals surface area contributed by atoms with Crippen molar-refractivity contribution in [3.8, 4) is 6.07 Å². The molecule has 0 N–H and O–H groups in total. The van der Waals surface area contributed by atoms with Gasteiger partial charge in [-0.2, -0.15) is 5.26 Å². The normalized spacial score (nSPS) is 9.69. The lowest BCUT2D eigenvalue weighted by molar-refractivity contribution is 1.22. The highest BCUT2D eigenvalue weighted by Gasteiger charge is 2.07. The monoisotopic (exact) mass is 170 g/mol. The summed E-state index contributed by atoms with van der Waals surface area (Å²) >= 11 is 0. The number of rotatable bonds is 2. The topological polar surface area (TPSA) is 23.8 Å². The zero-order valence-corrected chi connectivity index (χ0v) is 7.96. The summed E-state index contributed by atoms with van der Waals surface area (Å²) in [5, 5.41) is 8.86. The standard InChI is InChI=1S/C12H12N/c1-4-10(3)12-7-9(2)5-6-11(12)8-13/h4-7H,1H2,2-3H3. The molecule has 1 radical (unpaired) electrons. The molecule has 1 nitrogen and oxygen atoms in total. The minimum atomic E-state index is 0.711. The van der Waals surface area contributed by atoms with Crippen molar-refractivity contribution >= 4 is 0 Å². The molecular formula is C12H12N. The average molecular weight is 170 g/mol. The van der Waals surface area contributed by atoms with Gasteiger partial charge in [-0.1, -0.05) is 30.7 Å². The molecule has 0 atom stereocenters. The van der Waals surface area contributed by atoms with E-state index >= 15 is 0 Å². The Hall–Kier alpha value is -1.55. The molecule has 0 saturated carbocycles. The lowest BCUT2D eigenvalue weighted by Crippen LogP contribution is -1.95. The van der Waals surface area contributed by atoms with Crippen molar-refractivity contribution in [1.29, 1.82) is 5.26 Å². The van der Waals surface area contributed by atoms with Gasteiger partial charge in [0.2, 0.25) is 0 Å². The maximum atomic E-state index is 8.86. The molecule has 0 spiro atoms. The van der Waals surface area contributed by atoms with Crippen molar-refractivity contribution in [3.63, 3.8) is 0 Å². The van der Waals surface area contributed by atoms with Crippen LogP contribution in [0.15, 0.2) is 30.9 Å². The Kier molecular flexibility index (Phi) is 2.87. The van der Waals surface area contributed by atoms with Crippen LogP contribution in [-0.2, 0) is 0 Å². The molecule has 13 heavy (non-hydrogen) atoms. The molecule has 0 saturated heterocycles. The summed E-state index contributed by atoms with van der Waals surface area (Å²) in [6.45, 7) is 7.67. The van der Waals surface area contributed by atoms with Gasteiger partial charge in [0, 0.05) is 5.92 Å². The Bertz CT molecular complexity index is 358. The minimum absolute atomic E-state index is 0.711. The van der Waals surface area contributed by atoms with E-state index in [0.29, 0.717) is 5.56 Å². The van der Waals surface area contributed by atoms with E-state index in [2.05, 4.69) is 12.6 Å². The van der Waals surface area contributed by atoms with Gasteiger partial charge in [-0.15, -0.1) is 6.58 Å². The van der Waals surface area contributed by atoms with Crippen LogP contribution >= 0.6 is 0 Å². The number of nitriles is 1. The van der Waals surface area contributed by atoms with Gasteiger partial charge in [-0.25, -0.2) is 0 Å². The number of hydrogen-bond donors (Lipinski definition) is 0. The maximum absolute atomic E-state index is 8.86. The summed E-state index contributed by atoms with van der Waals surface area (Å²) in [7, 11) is 0. The van der Waals surface area contributed by atoms with Gasteiger partial charge in [0.15, 0.2) is 0 Å². The molecule has 0 aliphatic rings. The predicted molar refractivity (Wildman–Crippen MR) is 54.1 cm³/mol. The van der Waals surface area contributed by atoms with Crippen LogP contribution in [0.5, 0.6) is 0 Å². The fourth-order valence-corrected chi connectivity index (χ4v) is 1.19. The van der Waals surface area contributed by atoms with Crippen molar-refractivity contribution in [2.24, 2.45) is 0 Å². The molecule has 1 rings (SSSR count). The smallest absolute Gasteiger partial charge is 0.0994 e. The third kappa shape index (κ3) is 1.97. The van der Waals surface area contributed by atoms with Crippen LogP contribution in [0.2, 0.25) is 0 Å². The number of allylic oxidation sites excluding steroid dienone is 1. The van der Waals surface area contributed by atoms with Crippen LogP contribution in [0.4, 0.5) is 0 Å². The Morgan fingerprint density at radius 3 is 2.77 bits per heavy atom. The van der Waals surface area contributed by atoms with Crippen LogP contribution in [0, 0.1) is 24.2 Å². The first-order chi connectivity index (χ1) is 6.19. The van der Waals surface area contributed by atoms with Crippen LogP contribution in [0.3, 0.4) is 0 Å². The second-order valence-electron chi connectivity index (χ2n) is 3.05. The van der Waals surface area contributed by atoms with Crippen molar-refractivity contribution in [2.75, 3.05) is 0 Å². The van der Waals surface area contributed by atoms with Gasteiger partial charge in [0.25, 0.3) is 0 Å². The maximum Gasteiger partial charge on any atom is 0.0994 e.